The molecule has 1 saturated heterocycles. The minimum atomic E-state index is -1.22. The smallest absolute Gasteiger partial charge is 0.225 e. The highest BCUT2D eigenvalue weighted by atomic mass is 16.5. The zero-order valence-electron chi connectivity index (χ0n) is 12.8. The van der Waals surface area contributed by atoms with E-state index in [9.17, 15) is 20.1 Å². The van der Waals surface area contributed by atoms with E-state index in [2.05, 4.69) is 5.32 Å². The molecule has 0 bridgehead atoms. The van der Waals surface area contributed by atoms with Crippen molar-refractivity contribution in [2.45, 2.75) is 65.1 Å². The van der Waals surface area contributed by atoms with Crippen LogP contribution >= 0.6 is 0 Å². The second-order valence-electron chi connectivity index (χ2n) is 6.80. The van der Waals surface area contributed by atoms with Gasteiger partial charge < -0.3 is 25.4 Å². The zero-order chi connectivity index (χ0) is 15.7. The average molecular weight is 289 g/mol. The van der Waals surface area contributed by atoms with Crippen LogP contribution in [0, 0.1) is 11.3 Å². The highest BCUT2D eigenvalue weighted by Crippen LogP contribution is 2.27. The summed E-state index contributed by atoms with van der Waals surface area (Å²) < 4.78 is 5.63. The first-order valence-corrected chi connectivity index (χ1v) is 7.03. The third-order valence-electron chi connectivity index (χ3n) is 3.60. The number of amides is 1. The van der Waals surface area contributed by atoms with Gasteiger partial charge in [-0.1, -0.05) is 34.6 Å². The molecule has 1 fully saturated rings. The van der Waals surface area contributed by atoms with E-state index in [1.165, 1.54) is 0 Å². The molecule has 4 N–H and O–H groups in total. The molecule has 118 valence electrons. The zero-order valence-corrected chi connectivity index (χ0v) is 12.8. The van der Waals surface area contributed by atoms with Crippen molar-refractivity contribution < 1.29 is 24.9 Å². The van der Waals surface area contributed by atoms with Gasteiger partial charge in [0.15, 0.2) is 0 Å². The Morgan fingerprint density at radius 3 is 2.20 bits per heavy atom. The summed E-state index contributed by atoms with van der Waals surface area (Å²) in [6.45, 7) is 8.75. The lowest BCUT2D eigenvalue weighted by atomic mass is 9.86. The highest BCUT2D eigenvalue weighted by Gasteiger charge is 2.46. The fourth-order valence-electron chi connectivity index (χ4n) is 2.25. The molecule has 5 unspecified atom stereocenters. The van der Waals surface area contributed by atoms with E-state index >= 15 is 0 Å². The van der Waals surface area contributed by atoms with Gasteiger partial charge in [-0.15, -0.1) is 0 Å². The molecule has 0 aromatic heterocycles. The number of hydrogen-bond acceptors (Lipinski definition) is 5. The molecule has 1 rings (SSSR count). The molecule has 0 aliphatic carbocycles. The quantitative estimate of drug-likeness (QED) is 0.569. The number of carbonyl (C=O) groups excluding carboxylic acids is 1. The van der Waals surface area contributed by atoms with Crippen molar-refractivity contribution >= 4 is 5.91 Å². The number of carbonyl (C=O) groups is 1. The number of ether oxygens (including phenoxy) is 1. The van der Waals surface area contributed by atoms with Crippen molar-refractivity contribution in [1.82, 2.24) is 5.32 Å². The van der Waals surface area contributed by atoms with Crippen LogP contribution in [0.25, 0.3) is 0 Å². The second kappa shape index (κ2) is 6.39. The third-order valence-corrected chi connectivity index (χ3v) is 3.60. The predicted molar refractivity (Wildman–Crippen MR) is 74.0 cm³/mol. The van der Waals surface area contributed by atoms with Gasteiger partial charge in [0.25, 0.3) is 0 Å². The first kappa shape index (κ1) is 17.4. The summed E-state index contributed by atoms with van der Waals surface area (Å²) in [4.78, 5) is 12.1. The molecular weight excluding hydrogens is 262 g/mol. The molecule has 5 atom stereocenters. The van der Waals surface area contributed by atoms with Crippen molar-refractivity contribution in [1.29, 1.82) is 0 Å². The summed E-state index contributed by atoms with van der Waals surface area (Å²) in [5.41, 5.74) is -0.597. The van der Waals surface area contributed by atoms with Gasteiger partial charge in [0, 0.05) is 5.41 Å². The van der Waals surface area contributed by atoms with Gasteiger partial charge in [-0.05, 0) is 5.92 Å². The van der Waals surface area contributed by atoms with Crippen LogP contribution in [0.1, 0.15) is 34.6 Å². The molecule has 0 aromatic rings. The van der Waals surface area contributed by atoms with Crippen LogP contribution in [-0.2, 0) is 9.53 Å². The number of hydrogen-bond donors (Lipinski definition) is 4. The highest BCUT2D eigenvalue weighted by molar-refractivity contribution is 5.81. The third kappa shape index (κ3) is 3.69. The number of aliphatic hydroxyl groups excluding tert-OH is 3. The first-order chi connectivity index (χ1) is 9.09. The monoisotopic (exact) mass is 289 g/mol. The number of nitrogens with one attached hydrogen (secondary N) is 1. The summed E-state index contributed by atoms with van der Waals surface area (Å²) in [6.07, 6.45) is -3.68. The van der Waals surface area contributed by atoms with E-state index < -0.39 is 35.9 Å². The van der Waals surface area contributed by atoms with Crippen LogP contribution in [0.4, 0.5) is 0 Å². The molecule has 6 nitrogen and oxygen atoms in total. The Morgan fingerprint density at radius 1 is 1.25 bits per heavy atom. The lowest BCUT2D eigenvalue weighted by Gasteiger charge is -2.45. The molecule has 0 aromatic carbocycles. The average Bonchev–Trinajstić information content (AvgIpc) is 2.33. The van der Waals surface area contributed by atoms with E-state index in [1.807, 2.05) is 13.8 Å². The van der Waals surface area contributed by atoms with Crippen molar-refractivity contribution in [2.24, 2.45) is 11.3 Å². The normalized spacial score (nSPS) is 35.1. The largest absolute Gasteiger partial charge is 0.394 e. The molecule has 20 heavy (non-hydrogen) atoms. The molecule has 0 radical (unpaired) electrons. The lowest BCUT2D eigenvalue weighted by molar-refractivity contribution is -0.205. The Labute approximate surface area is 120 Å². The second-order valence-corrected chi connectivity index (χ2v) is 6.80. The standard InChI is InChI=1S/C14H27NO5/c1-7(2)12-9(15-13(19)14(3,4)5)11(18)10(17)8(6-16)20-12/h7-12,16-18H,6H2,1-5H3,(H,15,19). The van der Waals surface area contributed by atoms with Gasteiger partial charge in [-0.3, -0.25) is 4.79 Å². The Hall–Kier alpha value is -0.690. The van der Waals surface area contributed by atoms with Crippen molar-refractivity contribution in [2.75, 3.05) is 6.61 Å². The van der Waals surface area contributed by atoms with E-state index in [0.717, 1.165) is 0 Å². The van der Waals surface area contributed by atoms with Crippen molar-refractivity contribution in [3.8, 4) is 0 Å². The Bertz CT molecular complexity index is 339. The first-order valence-electron chi connectivity index (χ1n) is 7.03. The fourth-order valence-corrected chi connectivity index (χ4v) is 2.25. The lowest BCUT2D eigenvalue weighted by Crippen LogP contribution is -2.66. The fraction of sp³-hybridized carbons (Fsp3) is 0.929. The molecule has 1 aliphatic rings. The minimum Gasteiger partial charge on any atom is -0.394 e. The van der Waals surface area contributed by atoms with E-state index in [4.69, 9.17) is 4.74 Å². The molecule has 0 saturated carbocycles. The van der Waals surface area contributed by atoms with Gasteiger partial charge in [-0.2, -0.15) is 0 Å². The minimum absolute atomic E-state index is 0.0245. The van der Waals surface area contributed by atoms with Crippen LogP contribution in [0.15, 0.2) is 0 Å². The van der Waals surface area contributed by atoms with Crippen LogP contribution in [0.2, 0.25) is 0 Å². The SMILES string of the molecule is CC(C)C1OC(CO)C(O)C(O)C1NC(=O)C(C)(C)C. The predicted octanol–water partition coefficient (Wildman–Crippen LogP) is -0.345. The van der Waals surface area contributed by atoms with E-state index in [1.54, 1.807) is 20.8 Å². The number of aliphatic hydroxyl groups is 3. The van der Waals surface area contributed by atoms with E-state index in [0.29, 0.717) is 0 Å². The summed E-state index contributed by atoms with van der Waals surface area (Å²) >= 11 is 0. The van der Waals surface area contributed by atoms with Crippen LogP contribution < -0.4 is 5.32 Å². The Kier molecular flexibility index (Phi) is 5.54. The maximum atomic E-state index is 12.1. The van der Waals surface area contributed by atoms with Crippen LogP contribution in [-0.4, -0.2) is 58.3 Å². The molecule has 6 heteroatoms. The molecule has 1 aliphatic heterocycles. The van der Waals surface area contributed by atoms with E-state index in [-0.39, 0.29) is 18.4 Å². The van der Waals surface area contributed by atoms with Gasteiger partial charge >= 0.3 is 0 Å². The molecular formula is C14H27NO5. The maximum absolute atomic E-state index is 12.1. The van der Waals surface area contributed by atoms with Crippen molar-refractivity contribution in [3.05, 3.63) is 0 Å². The molecule has 0 spiro atoms. The molecule has 1 heterocycles. The van der Waals surface area contributed by atoms with Gasteiger partial charge in [0.1, 0.15) is 18.3 Å². The van der Waals surface area contributed by atoms with Gasteiger partial charge in [-0.25, -0.2) is 0 Å². The summed E-state index contributed by atoms with van der Waals surface area (Å²) in [6, 6.07) is -0.695. The van der Waals surface area contributed by atoms with Crippen LogP contribution in [0.3, 0.4) is 0 Å². The maximum Gasteiger partial charge on any atom is 0.225 e. The summed E-state index contributed by atoms with van der Waals surface area (Å²) in [5, 5.41) is 32.1. The Balaban J connectivity index is 2.92. The van der Waals surface area contributed by atoms with Crippen LogP contribution in [0.5, 0.6) is 0 Å². The topological polar surface area (TPSA) is 99.0 Å². The van der Waals surface area contributed by atoms with Gasteiger partial charge in [0.05, 0.1) is 18.8 Å². The van der Waals surface area contributed by atoms with Crippen molar-refractivity contribution in [3.63, 3.8) is 0 Å². The molecule has 1 amide bonds. The van der Waals surface area contributed by atoms with Gasteiger partial charge in [0.2, 0.25) is 5.91 Å². The Morgan fingerprint density at radius 2 is 1.80 bits per heavy atom. The summed E-state index contributed by atoms with van der Waals surface area (Å²) in [7, 11) is 0. The number of rotatable bonds is 3. The summed E-state index contributed by atoms with van der Waals surface area (Å²) in [5.74, 6) is -0.193.